The number of hydrogen-bond donors (Lipinski definition) is 1. The fourth-order valence-corrected chi connectivity index (χ4v) is 3.62. The van der Waals surface area contributed by atoms with Gasteiger partial charge < -0.3 is 19.7 Å². The maximum Gasteiger partial charge on any atom is 0.266 e. The van der Waals surface area contributed by atoms with Crippen LogP contribution in [-0.2, 0) is 9.59 Å². The number of carbonyl (C=O) groups excluding carboxylic acids is 2. The van der Waals surface area contributed by atoms with E-state index in [9.17, 15) is 14.9 Å². The zero-order chi connectivity index (χ0) is 25.3. The Balaban J connectivity index is 2.21. The predicted molar refractivity (Wildman–Crippen MR) is 134 cm³/mol. The average molecular weight is 464 g/mol. The average Bonchev–Trinajstić information content (AvgIpc) is 2.76. The summed E-state index contributed by atoms with van der Waals surface area (Å²) in [4.78, 5) is 27.0. The molecule has 0 aliphatic carbocycles. The third kappa shape index (κ3) is 7.38. The highest BCUT2D eigenvalue weighted by molar-refractivity contribution is 6.09. The molecule has 2 amide bonds. The first kappa shape index (κ1) is 26.5. The number of hydrogen-bond acceptors (Lipinski definition) is 5. The molecule has 7 heteroatoms. The van der Waals surface area contributed by atoms with E-state index in [0.717, 1.165) is 5.56 Å². The highest BCUT2D eigenvalue weighted by Gasteiger charge is 2.21. The number of anilines is 1. The topological polar surface area (TPSA) is 91.7 Å². The molecule has 0 fully saturated rings. The molecule has 7 nitrogen and oxygen atoms in total. The molecule has 0 spiro atoms. The van der Waals surface area contributed by atoms with Crippen molar-refractivity contribution in [2.75, 3.05) is 18.5 Å². The smallest absolute Gasteiger partial charge is 0.266 e. The minimum atomic E-state index is -0.501. The van der Waals surface area contributed by atoms with Crippen LogP contribution in [-0.4, -0.2) is 42.0 Å². The van der Waals surface area contributed by atoms with Gasteiger partial charge in [0.2, 0.25) is 0 Å². The van der Waals surface area contributed by atoms with Gasteiger partial charge in [0, 0.05) is 17.8 Å². The van der Waals surface area contributed by atoms with Crippen LogP contribution in [0.4, 0.5) is 5.69 Å². The van der Waals surface area contributed by atoms with Crippen molar-refractivity contribution >= 4 is 23.6 Å². The van der Waals surface area contributed by atoms with Crippen molar-refractivity contribution in [2.45, 2.75) is 53.6 Å². The third-order valence-corrected chi connectivity index (χ3v) is 4.97. The predicted octanol–water partition coefficient (Wildman–Crippen LogP) is 4.96. The van der Waals surface area contributed by atoms with E-state index in [2.05, 4.69) is 5.32 Å². The van der Waals surface area contributed by atoms with Gasteiger partial charge >= 0.3 is 0 Å². The first-order valence-corrected chi connectivity index (χ1v) is 11.4. The number of aryl methyl sites for hydroxylation is 1. The fourth-order valence-electron chi connectivity index (χ4n) is 3.62. The van der Waals surface area contributed by atoms with E-state index in [1.807, 2.05) is 65.8 Å². The third-order valence-electron chi connectivity index (χ3n) is 4.97. The summed E-state index contributed by atoms with van der Waals surface area (Å²) >= 11 is 0. The quantitative estimate of drug-likeness (QED) is 0.397. The lowest BCUT2D eigenvalue weighted by Crippen LogP contribution is -2.44. The summed E-state index contributed by atoms with van der Waals surface area (Å²) in [6.45, 7) is 11.9. The van der Waals surface area contributed by atoms with Crippen molar-refractivity contribution in [1.29, 1.82) is 5.26 Å². The van der Waals surface area contributed by atoms with Gasteiger partial charge in [-0.2, -0.15) is 5.26 Å². The molecule has 1 N–H and O–H groups in total. The first-order valence-electron chi connectivity index (χ1n) is 11.4. The maximum absolute atomic E-state index is 12.6. The Morgan fingerprint density at radius 3 is 2.35 bits per heavy atom. The number of nitriles is 1. The zero-order valence-electron chi connectivity index (χ0n) is 20.7. The van der Waals surface area contributed by atoms with E-state index >= 15 is 0 Å². The van der Waals surface area contributed by atoms with Crippen LogP contribution >= 0.6 is 0 Å². The van der Waals surface area contributed by atoms with Gasteiger partial charge in [-0.1, -0.05) is 18.2 Å². The molecule has 0 radical (unpaired) electrons. The van der Waals surface area contributed by atoms with Gasteiger partial charge in [0.15, 0.2) is 18.1 Å². The molecule has 0 aromatic heterocycles. The molecule has 2 rings (SSSR count). The van der Waals surface area contributed by atoms with Crippen molar-refractivity contribution in [3.05, 3.63) is 59.2 Å². The number of rotatable bonds is 10. The molecule has 0 unspecified atom stereocenters. The standard InChI is InChI=1S/C27H33N3O4/c1-7-33-25-15-21(11-12-24(25)34-17-26(31)30(18(2)3)19(4)5)14-22(16-28)27(32)29-23-10-8-9-20(6)13-23/h8-15,18-19H,7,17H2,1-6H3,(H,29,32)/b22-14+. The SMILES string of the molecule is CCOc1cc(/C=C(\C#N)C(=O)Nc2cccc(C)c2)ccc1OCC(=O)N(C(C)C)C(C)C. The van der Waals surface area contributed by atoms with Crippen LogP contribution in [0.1, 0.15) is 45.7 Å². The van der Waals surface area contributed by atoms with E-state index in [4.69, 9.17) is 9.47 Å². The molecule has 34 heavy (non-hydrogen) atoms. The summed E-state index contributed by atoms with van der Waals surface area (Å²) in [5.74, 6) is 0.235. The Kier molecular flexibility index (Phi) is 9.69. The molecule has 0 atom stereocenters. The van der Waals surface area contributed by atoms with Crippen molar-refractivity contribution in [1.82, 2.24) is 4.90 Å². The van der Waals surface area contributed by atoms with E-state index < -0.39 is 5.91 Å². The largest absolute Gasteiger partial charge is 0.490 e. The molecule has 0 saturated heterocycles. The molecular formula is C27H33N3O4. The lowest BCUT2D eigenvalue weighted by molar-refractivity contribution is -0.137. The molecule has 0 aliphatic heterocycles. The normalized spacial score (nSPS) is 11.2. The molecule has 0 aliphatic rings. The Labute approximate surface area is 202 Å². The number of amides is 2. The first-order chi connectivity index (χ1) is 16.2. The summed E-state index contributed by atoms with van der Waals surface area (Å²) in [6, 6.07) is 14.5. The van der Waals surface area contributed by atoms with Gasteiger partial charge in [-0.15, -0.1) is 0 Å². The van der Waals surface area contributed by atoms with Gasteiger partial charge in [0.05, 0.1) is 6.61 Å². The number of nitrogens with one attached hydrogen (secondary N) is 1. The van der Waals surface area contributed by atoms with Gasteiger partial charge in [-0.05, 0) is 83.0 Å². The van der Waals surface area contributed by atoms with Crippen LogP contribution in [0, 0.1) is 18.3 Å². The summed E-state index contributed by atoms with van der Waals surface area (Å²) in [7, 11) is 0. The number of benzene rings is 2. The minimum absolute atomic E-state index is 0.0442. The molecular weight excluding hydrogens is 430 g/mol. The van der Waals surface area contributed by atoms with E-state index in [1.165, 1.54) is 6.08 Å². The lowest BCUT2D eigenvalue weighted by Gasteiger charge is -2.30. The monoisotopic (exact) mass is 463 g/mol. The lowest BCUT2D eigenvalue weighted by atomic mass is 10.1. The second-order valence-corrected chi connectivity index (χ2v) is 8.41. The fraction of sp³-hybridized carbons (Fsp3) is 0.370. The number of carbonyl (C=O) groups is 2. The van der Waals surface area contributed by atoms with Gasteiger partial charge in [0.25, 0.3) is 11.8 Å². The van der Waals surface area contributed by atoms with Crippen LogP contribution in [0.5, 0.6) is 11.5 Å². The van der Waals surface area contributed by atoms with E-state index in [1.54, 1.807) is 29.2 Å². The van der Waals surface area contributed by atoms with Crippen molar-refractivity contribution in [3.63, 3.8) is 0 Å². The van der Waals surface area contributed by atoms with Crippen LogP contribution in [0.3, 0.4) is 0 Å². The van der Waals surface area contributed by atoms with E-state index in [-0.39, 0.29) is 30.2 Å². The summed E-state index contributed by atoms with van der Waals surface area (Å²) in [5.41, 5.74) is 2.17. The molecule has 0 saturated carbocycles. The Hall–Kier alpha value is -3.79. The van der Waals surface area contributed by atoms with Crippen LogP contribution in [0.15, 0.2) is 48.0 Å². The molecule has 0 bridgehead atoms. The Morgan fingerprint density at radius 2 is 1.76 bits per heavy atom. The minimum Gasteiger partial charge on any atom is -0.490 e. The van der Waals surface area contributed by atoms with E-state index in [0.29, 0.717) is 29.4 Å². The summed E-state index contributed by atoms with van der Waals surface area (Å²) in [5, 5.41) is 12.3. The van der Waals surface area contributed by atoms with Gasteiger partial charge in [0.1, 0.15) is 11.6 Å². The van der Waals surface area contributed by atoms with Crippen LogP contribution in [0.2, 0.25) is 0 Å². The number of ether oxygens (including phenoxy) is 2. The van der Waals surface area contributed by atoms with Crippen molar-refractivity contribution < 1.29 is 19.1 Å². The highest BCUT2D eigenvalue weighted by Crippen LogP contribution is 2.30. The summed E-state index contributed by atoms with van der Waals surface area (Å²) < 4.78 is 11.5. The second-order valence-electron chi connectivity index (χ2n) is 8.41. The van der Waals surface area contributed by atoms with Crippen molar-refractivity contribution in [2.24, 2.45) is 0 Å². The number of nitrogens with zero attached hydrogens (tertiary/aromatic N) is 2. The second kappa shape index (κ2) is 12.4. The summed E-state index contributed by atoms with van der Waals surface area (Å²) in [6.07, 6.45) is 1.49. The highest BCUT2D eigenvalue weighted by atomic mass is 16.5. The van der Waals surface area contributed by atoms with Crippen LogP contribution in [0.25, 0.3) is 6.08 Å². The Bertz CT molecular complexity index is 1080. The van der Waals surface area contributed by atoms with Crippen LogP contribution < -0.4 is 14.8 Å². The zero-order valence-corrected chi connectivity index (χ0v) is 20.7. The molecule has 2 aromatic rings. The molecule has 180 valence electrons. The Morgan fingerprint density at radius 1 is 1.06 bits per heavy atom. The molecule has 2 aromatic carbocycles. The maximum atomic E-state index is 12.6. The van der Waals surface area contributed by atoms with Crippen molar-refractivity contribution in [3.8, 4) is 17.6 Å². The molecule has 0 heterocycles. The van der Waals surface area contributed by atoms with Gasteiger partial charge in [-0.25, -0.2) is 0 Å². The van der Waals surface area contributed by atoms with Gasteiger partial charge in [-0.3, -0.25) is 9.59 Å².